The van der Waals surface area contributed by atoms with Gasteiger partial charge in [0.1, 0.15) is 0 Å². The van der Waals surface area contributed by atoms with Gasteiger partial charge < -0.3 is 5.32 Å². The lowest BCUT2D eigenvalue weighted by Crippen LogP contribution is -2.31. The first-order valence-corrected chi connectivity index (χ1v) is 6.42. The molecule has 1 atom stereocenters. The van der Waals surface area contributed by atoms with Crippen LogP contribution in [0.5, 0.6) is 0 Å². The molecule has 5 nitrogen and oxygen atoms in total. The number of hydrogen-bond acceptors (Lipinski definition) is 3. The number of hydrazone groups is 1. The van der Waals surface area contributed by atoms with E-state index in [9.17, 15) is 4.79 Å². The number of benzene rings is 1. The largest absolute Gasteiger partial charge is 0.342 e. The zero-order chi connectivity index (χ0) is 13.8. The van der Waals surface area contributed by atoms with E-state index in [1.807, 2.05) is 30.3 Å². The van der Waals surface area contributed by atoms with Crippen molar-refractivity contribution in [2.24, 2.45) is 5.10 Å². The van der Waals surface area contributed by atoms with Gasteiger partial charge in [-0.3, -0.25) is 4.98 Å². The Morgan fingerprint density at radius 1 is 1.20 bits per heavy atom. The number of amides is 2. The zero-order valence-corrected chi connectivity index (χ0v) is 10.8. The van der Waals surface area contributed by atoms with Gasteiger partial charge in [0.15, 0.2) is 0 Å². The van der Waals surface area contributed by atoms with E-state index in [0.717, 1.165) is 12.0 Å². The number of hydrogen-bond donors (Lipinski definition) is 1. The molecule has 1 unspecified atom stereocenters. The Kier molecular flexibility index (Phi) is 3.41. The maximum absolute atomic E-state index is 12.3. The average Bonchev–Trinajstić information content (AvgIpc) is 2.99. The zero-order valence-electron chi connectivity index (χ0n) is 10.8. The SMILES string of the molecule is O=C(Nc1cccnc1)N1N=CCC1c1ccccc1. The molecule has 1 N–H and O–H groups in total. The summed E-state index contributed by atoms with van der Waals surface area (Å²) in [5.74, 6) is 0. The van der Waals surface area contributed by atoms with Gasteiger partial charge in [-0.05, 0) is 17.7 Å². The Balaban J connectivity index is 1.75. The van der Waals surface area contributed by atoms with Crippen LogP contribution in [0.3, 0.4) is 0 Å². The van der Waals surface area contributed by atoms with E-state index in [0.29, 0.717) is 5.69 Å². The van der Waals surface area contributed by atoms with E-state index in [2.05, 4.69) is 15.4 Å². The number of urea groups is 1. The summed E-state index contributed by atoms with van der Waals surface area (Å²) in [6.45, 7) is 0. The molecular weight excluding hydrogens is 252 g/mol. The molecule has 0 spiro atoms. The molecule has 1 aliphatic heterocycles. The third kappa shape index (κ3) is 2.51. The van der Waals surface area contributed by atoms with E-state index in [1.54, 1.807) is 30.7 Å². The van der Waals surface area contributed by atoms with E-state index in [1.165, 1.54) is 5.01 Å². The second-order valence-corrected chi connectivity index (χ2v) is 4.48. The van der Waals surface area contributed by atoms with Crippen molar-refractivity contribution >= 4 is 17.9 Å². The van der Waals surface area contributed by atoms with Crippen LogP contribution in [0.15, 0.2) is 60.0 Å². The first-order chi connectivity index (χ1) is 9.84. The third-order valence-corrected chi connectivity index (χ3v) is 3.14. The first kappa shape index (κ1) is 12.3. The van der Waals surface area contributed by atoms with Gasteiger partial charge in [-0.1, -0.05) is 30.3 Å². The van der Waals surface area contributed by atoms with Crippen molar-refractivity contribution in [2.45, 2.75) is 12.5 Å². The van der Waals surface area contributed by atoms with Gasteiger partial charge >= 0.3 is 6.03 Å². The van der Waals surface area contributed by atoms with Crippen LogP contribution in [0.1, 0.15) is 18.0 Å². The fourth-order valence-electron chi connectivity index (χ4n) is 2.18. The van der Waals surface area contributed by atoms with E-state index < -0.39 is 0 Å². The molecule has 20 heavy (non-hydrogen) atoms. The van der Waals surface area contributed by atoms with E-state index in [-0.39, 0.29) is 12.1 Å². The minimum absolute atomic E-state index is 0.0483. The molecule has 0 radical (unpaired) electrons. The molecule has 0 saturated carbocycles. The normalized spacial score (nSPS) is 17.2. The first-order valence-electron chi connectivity index (χ1n) is 6.42. The Morgan fingerprint density at radius 2 is 2.05 bits per heavy atom. The molecule has 2 amide bonds. The summed E-state index contributed by atoms with van der Waals surface area (Å²) in [5, 5.41) is 8.43. The van der Waals surface area contributed by atoms with Crippen LogP contribution in [0.25, 0.3) is 0 Å². The van der Waals surface area contributed by atoms with Crippen molar-refractivity contribution in [1.29, 1.82) is 0 Å². The number of carbonyl (C=O) groups is 1. The highest BCUT2D eigenvalue weighted by molar-refractivity contribution is 5.90. The molecule has 5 heteroatoms. The Morgan fingerprint density at radius 3 is 2.80 bits per heavy atom. The molecule has 1 aromatic carbocycles. The molecule has 3 rings (SSSR count). The van der Waals surface area contributed by atoms with Crippen molar-refractivity contribution < 1.29 is 4.79 Å². The summed E-state index contributed by atoms with van der Waals surface area (Å²) in [6, 6.07) is 13.2. The number of nitrogens with one attached hydrogen (secondary N) is 1. The highest BCUT2D eigenvalue weighted by Crippen LogP contribution is 2.28. The minimum atomic E-state index is -0.249. The van der Waals surface area contributed by atoms with Gasteiger partial charge in [0, 0.05) is 18.8 Å². The van der Waals surface area contributed by atoms with Crippen molar-refractivity contribution in [2.75, 3.05) is 5.32 Å². The molecular formula is C15H14N4O. The van der Waals surface area contributed by atoms with E-state index in [4.69, 9.17) is 0 Å². The molecule has 1 aromatic heterocycles. The molecule has 2 heterocycles. The summed E-state index contributed by atoms with van der Waals surface area (Å²) >= 11 is 0. The second kappa shape index (κ2) is 5.52. The molecule has 100 valence electrons. The molecule has 0 bridgehead atoms. The van der Waals surface area contributed by atoms with Crippen LogP contribution in [-0.4, -0.2) is 22.2 Å². The number of anilines is 1. The van der Waals surface area contributed by atoms with Gasteiger partial charge in [0.2, 0.25) is 0 Å². The maximum Gasteiger partial charge on any atom is 0.342 e. The van der Waals surface area contributed by atoms with Gasteiger partial charge in [0.25, 0.3) is 0 Å². The Hall–Kier alpha value is -2.69. The maximum atomic E-state index is 12.3. The smallest absolute Gasteiger partial charge is 0.305 e. The van der Waals surface area contributed by atoms with Gasteiger partial charge in [-0.25, -0.2) is 9.80 Å². The summed E-state index contributed by atoms with van der Waals surface area (Å²) in [4.78, 5) is 16.2. The average molecular weight is 266 g/mol. The van der Waals surface area contributed by atoms with Crippen molar-refractivity contribution in [1.82, 2.24) is 9.99 Å². The standard InChI is InChI=1S/C15H14N4O/c20-15(18-13-7-4-9-16-11-13)19-14(8-10-17-19)12-5-2-1-3-6-12/h1-7,9-11,14H,8H2,(H,18,20). The Labute approximate surface area is 116 Å². The highest BCUT2D eigenvalue weighted by atomic mass is 16.2. The van der Waals surface area contributed by atoms with Crippen LogP contribution < -0.4 is 5.32 Å². The van der Waals surface area contributed by atoms with Gasteiger partial charge in [-0.2, -0.15) is 5.10 Å². The number of nitrogens with zero attached hydrogens (tertiary/aromatic N) is 3. The second-order valence-electron chi connectivity index (χ2n) is 4.48. The van der Waals surface area contributed by atoms with Gasteiger partial charge in [-0.15, -0.1) is 0 Å². The predicted molar refractivity (Wildman–Crippen MR) is 77.4 cm³/mol. The topological polar surface area (TPSA) is 57.6 Å². The van der Waals surface area contributed by atoms with E-state index >= 15 is 0 Å². The lowest BCUT2D eigenvalue weighted by molar-refractivity contribution is 0.200. The fourth-order valence-corrected chi connectivity index (χ4v) is 2.18. The van der Waals surface area contributed by atoms with Crippen LogP contribution in [0.2, 0.25) is 0 Å². The number of carbonyl (C=O) groups excluding carboxylic acids is 1. The fraction of sp³-hybridized carbons (Fsp3) is 0.133. The molecule has 0 fully saturated rings. The molecule has 1 aliphatic rings. The van der Waals surface area contributed by atoms with Crippen molar-refractivity contribution in [3.63, 3.8) is 0 Å². The van der Waals surface area contributed by atoms with Crippen LogP contribution in [-0.2, 0) is 0 Å². The van der Waals surface area contributed by atoms with Crippen LogP contribution >= 0.6 is 0 Å². The number of aromatic nitrogens is 1. The van der Waals surface area contributed by atoms with Crippen LogP contribution in [0.4, 0.5) is 10.5 Å². The van der Waals surface area contributed by atoms with Crippen molar-refractivity contribution in [3.8, 4) is 0 Å². The van der Waals surface area contributed by atoms with Crippen LogP contribution in [0, 0.1) is 0 Å². The van der Waals surface area contributed by atoms with Gasteiger partial charge in [0.05, 0.1) is 17.9 Å². The molecule has 0 saturated heterocycles. The minimum Gasteiger partial charge on any atom is -0.305 e. The number of rotatable bonds is 2. The summed E-state index contributed by atoms with van der Waals surface area (Å²) in [5.41, 5.74) is 1.73. The lowest BCUT2D eigenvalue weighted by atomic mass is 10.1. The lowest BCUT2D eigenvalue weighted by Gasteiger charge is -2.22. The summed E-state index contributed by atoms with van der Waals surface area (Å²) in [7, 11) is 0. The third-order valence-electron chi connectivity index (χ3n) is 3.14. The Bertz CT molecular complexity index is 612. The highest BCUT2D eigenvalue weighted by Gasteiger charge is 2.28. The predicted octanol–water partition coefficient (Wildman–Crippen LogP) is 3.05. The quantitative estimate of drug-likeness (QED) is 0.908. The van der Waals surface area contributed by atoms with Crippen molar-refractivity contribution in [3.05, 3.63) is 60.4 Å². The number of pyridine rings is 1. The molecule has 0 aliphatic carbocycles. The summed E-state index contributed by atoms with van der Waals surface area (Å²) in [6.07, 6.45) is 5.76. The summed E-state index contributed by atoms with van der Waals surface area (Å²) < 4.78 is 0. The monoisotopic (exact) mass is 266 g/mol. The molecule has 2 aromatic rings.